The lowest BCUT2D eigenvalue weighted by Crippen LogP contribution is -2.40. The molecule has 0 bridgehead atoms. The van der Waals surface area contributed by atoms with E-state index in [4.69, 9.17) is 0 Å². The Kier molecular flexibility index (Phi) is 5.36. The lowest BCUT2D eigenvalue weighted by Gasteiger charge is -2.11. The summed E-state index contributed by atoms with van der Waals surface area (Å²) in [5, 5.41) is 5.39. The number of hydrogen-bond donors (Lipinski definition) is 2. The Morgan fingerprint density at radius 2 is 1.83 bits per heavy atom. The van der Waals surface area contributed by atoms with Crippen molar-refractivity contribution >= 4 is 11.8 Å². The first-order valence-electron chi connectivity index (χ1n) is 6.17. The molecule has 1 aromatic carbocycles. The van der Waals surface area contributed by atoms with Gasteiger partial charge < -0.3 is 10.6 Å². The van der Waals surface area contributed by atoms with Gasteiger partial charge in [0.2, 0.25) is 5.91 Å². The van der Waals surface area contributed by atoms with Crippen LogP contribution in [0.25, 0.3) is 0 Å². The molecule has 2 N–H and O–H groups in total. The third-order valence-corrected chi connectivity index (χ3v) is 2.74. The molecular formula is C14H20N2O2. The maximum Gasteiger partial charge on any atom is 0.251 e. The van der Waals surface area contributed by atoms with E-state index in [1.165, 1.54) is 0 Å². The topological polar surface area (TPSA) is 58.2 Å². The van der Waals surface area contributed by atoms with Crippen LogP contribution in [0.3, 0.4) is 0 Å². The van der Waals surface area contributed by atoms with Crippen LogP contribution in [0.1, 0.15) is 36.2 Å². The number of amides is 2. The molecule has 1 atom stereocenters. The maximum absolute atomic E-state index is 11.7. The standard InChI is InChI=1S/C14H20N2O2/c1-4-11(3)16-13(17)9-15-14(18)12-7-5-10(2)6-8-12/h5-8,11H,4,9H2,1-3H3,(H,15,18)(H,16,17)/t11-/m0/s1. The van der Waals surface area contributed by atoms with Crippen LogP contribution in [0.4, 0.5) is 0 Å². The van der Waals surface area contributed by atoms with Crippen molar-refractivity contribution in [3.8, 4) is 0 Å². The third-order valence-electron chi connectivity index (χ3n) is 2.74. The molecule has 0 unspecified atom stereocenters. The summed E-state index contributed by atoms with van der Waals surface area (Å²) in [5.41, 5.74) is 1.66. The van der Waals surface area contributed by atoms with Gasteiger partial charge in [-0.05, 0) is 32.4 Å². The van der Waals surface area contributed by atoms with E-state index in [1.807, 2.05) is 32.9 Å². The Balaban J connectivity index is 2.41. The minimum absolute atomic E-state index is 0.0110. The number of carbonyl (C=O) groups is 2. The highest BCUT2D eigenvalue weighted by atomic mass is 16.2. The predicted molar refractivity (Wildman–Crippen MR) is 71.4 cm³/mol. The first kappa shape index (κ1) is 14.2. The zero-order chi connectivity index (χ0) is 13.5. The van der Waals surface area contributed by atoms with E-state index in [2.05, 4.69) is 10.6 Å². The van der Waals surface area contributed by atoms with E-state index < -0.39 is 0 Å². The lowest BCUT2D eigenvalue weighted by molar-refractivity contribution is -0.120. The number of benzene rings is 1. The molecule has 0 saturated carbocycles. The fraction of sp³-hybridized carbons (Fsp3) is 0.429. The van der Waals surface area contributed by atoms with Crippen molar-refractivity contribution < 1.29 is 9.59 Å². The van der Waals surface area contributed by atoms with Crippen LogP contribution < -0.4 is 10.6 Å². The highest BCUT2D eigenvalue weighted by Crippen LogP contribution is 2.02. The largest absolute Gasteiger partial charge is 0.352 e. The molecule has 0 aliphatic carbocycles. The summed E-state index contributed by atoms with van der Waals surface area (Å²) >= 11 is 0. The van der Waals surface area contributed by atoms with Crippen molar-refractivity contribution in [2.45, 2.75) is 33.2 Å². The molecule has 98 valence electrons. The smallest absolute Gasteiger partial charge is 0.251 e. The molecule has 0 aliphatic rings. The van der Waals surface area contributed by atoms with Gasteiger partial charge in [-0.2, -0.15) is 0 Å². The molecule has 0 radical (unpaired) electrons. The third kappa shape index (κ3) is 4.57. The van der Waals surface area contributed by atoms with Gasteiger partial charge in [0.15, 0.2) is 0 Å². The van der Waals surface area contributed by atoms with Gasteiger partial charge in [-0.15, -0.1) is 0 Å². The van der Waals surface area contributed by atoms with Crippen LogP contribution in [0.2, 0.25) is 0 Å². The molecule has 0 saturated heterocycles. The molecule has 4 nitrogen and oxygen atoms in total. The fourth-order valence-corrected chi connectivity index (χ4v) is 1.40. The summed E-state index contributed by atoms with van der Waals surface area (Å²) in [6.07, 6.45) is 0.873. The maximum atomic E-state index is 11.7. The number of rotatable bonds is 5. The molecule has 1 aromatic rings. The molecule has 0 heterocycles. The highest BCUT2D eigenvalue weighted by molar-refractivity contribution is 5.96. The van der Waals surface area contributed by atoms with E-state index in [9.17, 15) is 9.59 Å². The summed E-state index contributed by atoms with van der Waals surface area (Å²) in [5.74, 6) is -0.390. The summed E-state index contributed by atoms with van der Waals surface area (Å²) < 4.78 is 0. The van der Waals surface area contributed by atoms with Crippen molar-refractivity contribution in [2.24, 2.45) is 0 Å². The van der Waals surface area contributed by atoms with E-state index in [0.717, 1.165) is 12.0 Å². The predicted octanol–water partition coefficient (Wildman–Crippen LogP) is 1.64. The minimum Gasteiger partial charge on any atom is -0.352 e. The van der Waals surface area contributed by atoms with Crippen LogP contribution in [0.15, 0.2) is 24.3 Å². The molecule has 0 aliphatic heterocycles. The molecule has 4 heteroatoms. The van der Waals surface area contributed by atoms with E-state index >= 15 is 0 Å². The van der Waals surface area contributed by atoms with Crippen LogP contribution >= 0.6 is 0 Å². The van der Waals surface area contributed by atoms with Crippen molar-refractivity contribution in [2.75, 3.05) is 6.54 Å². The molecule has 1 rings (SSSR count). The van der Waals surface area contributed by atoms with Crippen molar-refractivity contribution in [1.29, 1.82) is 0 Å². The first-order valence-corrected chi connectivity index (χ1v) is 6.17. The Morgan fingerprint density at radius 3 is 2.39 bits per heavy atom. The van der Waals surface area contributed by atoms with Crippen LogP contribution in [-0.2, 0) is 4.79 Å². The Morgan fingerprint density at radius 1 is 1.22 bits per heavy atom. The molecule has 0 spiro atoms. The molecule has 2 amide bonds. The summed E-state index contributed by atoms with van der Waals surface area (Å²) in [6.45, 7) is 5.90. The average molecular weight is 248 g/mol. The normalized spacial score (nSPS) is 11.7. The molecule has 18 heavy (non-hydrogen) atoms. The van der Waals surface area contributed by atoms with Gasteiger partial charge in [0.1, 0.15) is 0 Å². The molecule has 0 aromatic heterocycles. The van der Waals surface area contributed by atoms with E-state index in [0.29, 0.717) is 5.56 Å². The van der Waals surface area contributed by atoms with Gasteiger partial charge in [0.25, 0.3) is 5.91 Å². The minimum atomic E-state index is -0.227. The monoisotopic (exact) mass is 248 g/mol. The molecular weight excluding hydrogens is 228 g/mol. The summed E-state index contributed by atoms with van der Waals surface area (Å²) in [6, 6.07) is 7.37. The Hall–Kier alpha value is -1.84. The van der Waals surface area contributed by atoms with Gasteiger partial charge >= 0.3 is 0 Å². The fourth-order valence-electron chi connectivity index (χ4n) is 1.40. The second-order valence-corrected chi connectivity index (χ2v) is 4.43. The van der Waals surface area contributed by atoms with Gasteiger partial charge in [0, 0.05) is 11.6 Å². The number of aryl methyl sites for hydroxylation is 1. The lowest BCUT2D eigenvalue weighted by atomic mass is 10.1. The van der Waals surface area contributed by atoms with Crippen LogP contribution in [0, 0.1) is 6.92 Å². The first-order chi connectivity index (χ1) is 8.52. The summed E-state index contributed by atoms with van der Waals surface area (Å²) in [7, 11) is 0. The zero-order valence-corrected chi connectivity index (χ0v) is 11.1. The van der Waals surface area contributed by atoms with Gasteiger partial charge in [0.05, 0.1) is 6.54 Å². The second kappa shape index (κ2) is 6.79. The number of hydrogen-bond acceptors (Lipinski definition) is 2. The van der Waals surface area contributed by atoms with E-state index in [-0.39, 0.29) is 24.4 Å². The van der Waals surface area contributed by atoms with Crippen molar-refractivity contribution in [3.05, 3.63) is 35.4 Å². The average Bonchev–Trinajstić information content (AvgIpc) is 2.36. The number of nitrogens with one attached hydrogen (secondary N) is 2. The SMILES string of the molecule is CC[C@H](C)NC(=O)CNC(=O)c1ccc(C)cc1. The van der Waals surface area contributed by atoms with Gasteiger partial charge in [-0.25, -0.2) is 0 Å². The van der Waals surface area contributed by atoms with Crippen LogP contribution in [-0.4, -0.2) is 24.4 Å². The van der Waals surface area contributed by atoms with E-state index in [1.54, 1.807) is 12.1 Å². The summed E-state index contributed by atoms with van der Waals surface area (Å²) in [4.78, 5) is 23.2. The highest BCUT2D eigenvalue weighted by Gasteiger charge is 2.09. The van der Waals surface area contributed by atoms with Crippen molar-refractivity contribution in [3.63, 3.8) is 0 Å². The van der Waals surface area contributed by atoms with Gasteiger partial charge in [-0.3, -0.25) is 9.59 Å². The number of carbonyl (C=O) groups excluding carboxylic acids is 2. The second-order valence-electron chi connectivity index (χ2n) is 4.43. The Labute approximate surface area is 108 Å². The van der Waals surface area contributed by atoms with Gasteiger partial charge in [-0.1, -0.05) is 24.6 Å². The Bertz CT molecular complexity index is 412. The zero-order valence-electron chi connectivity index (χ0n) is 11.1. The van der Waals surface area contributed by atoms with Crippen LogP contribution in [0.5, 0.6) is 0 Å². The van der Waals surface area contributed by atoms with Crippen molar-refractivity contribution in [1.82, 2.24) is 10.6 Å². The quantitative estimate of drug-likeness (QED) is 0.832. The molecule has 0 fully saturated rings.